The molecule has 196 valence electrons. The second-order valence-electron chi connectivity index (χ2n) is 9.61. The molecule has 1 saturated heterocycles. The number of amides is 2. The van der Waals surface area contributed by atoms with Crippen LogP contribution in [0, 0.1) is 18.7 Å². The molecule has 0 spiro atoms. The molecule has 0 radical (unpaired) electrons. The number of β-amino-alcohol motifs (C(OH)–C–C–N with tert-alkyl or cyclic N) is 1. The van der Waals surface area contributed by atoms with Gasteiger partial charge in [0.2, 0.25) is 5.91 Å². The number of likely N-dealkylation sites (tertiary alicyclic amines) is 1. The van der Waals surface area contributed by atoms with Crippen LogP contribution < -0.4 is 14.8 Å². The van der Waals surface area contributed by atoms with Crippen molar-refractivity contribution in [3.05, 3.63) is 35.5 Å². The van der Waals surface area contributed by atoms with Crippen molar-refractivity contribution in [2.75, 3.05) is 26.8 Å². The number of hydrogen-bond donors (Lipinski definition) is 3. The Kier molecular flexibility index (Phi) is 6.72. The van der Waals surface area contributed by atoms with Crippen LogP contribution in [0.5, 0.6) is 11.5 Å². The van der Waals surface area contributed by atoms with E-state index in [1.54, 1.807) is 18.7 Å². The lowest BCUT2D eigenvalue weighted by atomic mass is 10.1. The molecule has 11 heteroatoms. The molecule has 37 heavy (non-hydrogen) atoms. The lowest BCUT2D eigenvalue weighted by molar-refractivity contribution is -0.130. The van der Waals surface area contributed by atoms with Gasteiger partial charge in [0, 0.05) is 36.8 Å². The fraction of sp³-hybridized carbons (Fsp3) is 0.462. The van der Waals surface area contributed by atoms with Gasteiger partial charge in [0.1, 0.15) is 23.3 Å². The number of aromatic nitrogens is 3. The van der Waals surface area contributed by atoms with E-state index in [1.807, 2.05) is 0 Å². The van der Waals surface area contributed by atoms with Crippen molar-refractivity contribution in [3.8, 4) is 22.8 Å². The number of benzene rings is 1. The van der Waals surface area contributed by atoms with Crippen LogP contribution in [0.3, 0.4) is 0 Å². The number of nitrogens with zero attached hydrogens (tertiary/aromatic N) is 3. The standard InChI is InChI=1S/C26H30FN5O5/c1-4-21(34)32-9-17(18(33)10-32)31-26(35)22-13(2)30-25-23(28-12-29-24(22)25)15-7-20(36-3)16(27)8-19(15)37-11-14-5-6-14/h7-8,12,14,17-18,30,33H,4-6,9-11H2,1-3H3,(H,31,35)/t17-,18-/m1/s1. The van der Waals surface area contributed by atoms with E-state index in [9.17, 15) is 19.1 Å². The molecular formula is C26H30FN5O5. The number of methoxy groups -OCH3 is 1. The second kappa shape index (κ2) is 9.97. The van der Waals surface area contributed by atoms with Crippen LogP contribution in [0.2, 0.25) is 0 Å². The minimum Gasteiger partial charge on any atom is -0.494 e. The average molecular weight is 512 g/mol. The number of halogens is 1. The minimum atomic E-state index is -0.868. The summed E-state index contributed by atoms with van der Waals surface area (Å²) in [5.74, 6) is -0.214. The van der Waals surface area contributed by atoms with Gasteiger partial charge in [-0.1, -0.05) is 6.92 Å². The highest BCUT2D eigenvalue weighted by Gasteiger charge is 2.35. The van der Waals surface area contributed by atoms with E-state index in [4.69, 9.17) is 9.47 Å². The Morgan fingerprint density at radius 1 is 1.24 bits per heavy atom. The van der Waals surface area contributed by atoms with Gasteiger partial charge in [-0.3, -0.25) is 9.59 Å². The quantitative estimate of drug-likeness (QED) is 0.424. The van der Waals surface area contributed by atoms with Gasteiger partial charge >= 0.3 is 0 Å². The topological polar surface area (TPSA) is 130 Å². The number of rotatable bonds is 8. The Morgan fingerprint density at radius 2 is 2.03 bits per heavy atom. The Bertz CT molecular complexity index is 1350. The molecule has 2 aromatic heterocycles. The number of aliphatic hydroxyl groups is 1. The van der Waals surface area contributed by atoms with Crippen LogP contribution in [0.25, 0.3) is 22.3 Å². The molecular weight excluding hydrogens is 481 g/mol. The van der Waals surface area contributed by atoms with Crippen LogP contribution >= 0.6 is 0 Å². The number of carbonyl (C=O) groups excluding carboxylic acids is 2. The molecule has 0 unspecified atom stereocenters. The molecule has 1 aliphatic heterocycles. The van der Waals surface area contributed by atoms with E-state index < -0.39 is 23.9 Å². The summed E-state index contributed by atoms with van der Waals surface area (Å²) < 4.78 is 25.7. The van der Waals surface area contributed by atoms with Crippen LogP contribution in [-0.2, 0) is 4.79 Å². The lowest BCUT2D eigenvalue weighted by Gasteiger charge is -2.16. The van der Waals surface area contributed by atoms with Crippen molar-refractivity contribution in [2.45, 2.75) is 45.3 Å². The zero-order valence-electron chi connectivity index (χ0n) is 21.0. The summed E-state index contributed by atoms with van der Waals surface area (Å²) in [6.45, 7) is 4.39. The van der Waals surface area contributed by atoms with Crippen molar-refractivity contribution in [1.82, 2.24) is 25.2 Å². The number of nitrogens with one attached hydrogen (secondary N) is 2. The fourth-order valence-electron chi connectivity index (χ4n) is 4.69. The number of aliphatic hydroxyl groups excluding tert-OH is 1. The number of H-pyrrole nitrogens is 1. The van der Waals surface area contributed by atoms with Gasteiger partial charge in [-0.2, -0.15) is 0 Å². The number of ether oxygens (including phenoxy) is 2. The maximum Gasteiger partial charge on any atom is 0.255 e. The molecule has 3 aromatic rings. The second-order valence-corrected chi connectivity index (χ2v) is 9.61. The van der Waals surface area contributed by atoms with E-state index in [1.165, 1.54) is 25.6 Å². The smallest absolute Gasteiger partial charge is 0.255 e. The van der Waals surface area contributed by atoms with Gasteiger partial charge < -0.3 is 29.8 Å². The molecule has 2 fully saturated rings. The molecule has 3 N–H and O–H groups in total. The van der Waals surface area contributed by atoms with Gasteiger partial charge in [-0.25, -0.2) is 14.4 Å². The number of aromatic amines is 1. The largest absolute Gasteiger partial charge is 0.494 e. The van der Waals surface area contributed by atoms with Crippen molar-refractivity contribution in [3.63, 3.8) is 0 Å². The Labute approximate surface area is 213 Å². The van der Waals surface area contributed by atoms with Gasteiger partial charge in [-0.05, 0) is 31.7 Å². The zero-order valence-corrected chi connectivity index (χ0v) is 21.0. The molecule has 1 aliphatic carbocycles. The predicted molar refractivity (Wildman–Crippen MR) is 133 cm³/mol. The van der Waals surface area contributed by atoms with E-state index in [2.05, 4.69) is 20.3 Å². The molecule has 2 amide bonds. The molecule has 3 heterocycles. The molecule has 1 aromatic carbocycles. The Hall–Kier alpha value is -3.73. The Morgan fingerprint density at radius 3 is 2.73 bits per heavy atom. The van der Waals surface area contributed by atoms with Gasteiger partial charge in [-0.15, -0.1) is 0 Å². The highest BCUT2D eigenvalue weighted by Crippen LogP contribution is 2.39. The molecule has 1 saturated carbocycles. The first kappa shape index (κ1) is 24.9. The molecule has 5 rings (SSSR count). The van der Waals surface area contributed by atoms with Crippen LogP contribution in [0.4, 0.5) is 4.39 Å². The van der Waals surface area contributed by atoms with Crippen molar-refractivity contribution in [1.29, 1.82) is 0 Å². The summed E-state index contributed by atoms with van der Waals surface area (Å²) in [5, 5.41) is 13.3. The Balaban J connectivity index is 1.49. The monoisotopic (exact) mass is 511 g/mol. The number of carbonyl (C=O) groups is 2. The van der Waals surface area contributed by atoms with Crippen LogP contribution in [-0.4, -0.2) is 75.7 Å². The van der Waals surface area contributed by atoms with Crippen molar-refractivity contribution in [2.24, 2.45) is 5.92 Å². The third-order valence-corrected chi connectivity index (χ3v) is 6.94. The number of aryl methyl sites for hydroxylation is 1. The van der Waals surface area contributed by atoms with Gasteiger partial charge in [0.05, 0.1) is 36.9 Å². The first-order valence-corrected chi connectivity index (χ1v) is 12.4. The van der Waals surface area contributed by atoms with E-state index in [0.717, 1.165) is 12.8 Å². The lowest BCUT2D eigenvalue weighted by Crippen LogP contribution is -2.43. The highest BCUT2D eigenvalue weighted by molar-refractivity contribution is 6.09. The third-order valence-electron chi connectivity index (χ3n) is 6.94. The van der Waals surface area contributed by atoms with Gasteiger partial charge in [0.25, 0.3) is 5.91 Å². The maximum atomic E-state index is 14.6. The van der Waals surface area contributed by atoms with Crippen LogP contribution in [0.15, 0.2) is 18.5 Å². The fourth-order valence-corrected chi connectivity index (χ4v) is 4.69. The first-order valence-electron chi connectivity index (χ1n) is 12.4. The van der Waals surface area contributed by atoms with Gasteiger partial charge in [0.15, 0.2) is 11.6 Å². The summed E-state index contributed by atoms with van der Waals surface area (Å²) in [6, 6.07) is 2.22. The SMILES string of the molecule is CCC(=O)N1C[C@@H](O)[C@H](NC(=O)c2c(C)[nH]c3c(-c4cc(OC)c(F)cc4OCC4CC4)ncnc23)C1. The number of hydrogen-bond acceptors (Lipinski definition) is 7. The average Bonchev–Trinajstić information content (AvgIpc) is 3.55. The van der Waals surface area contributed by atoms with Crippen molar-refractivity contribution < 1.29 is 28.6 Å². The zero-order chi connectivity index (χ0) is 26.3. The minimum absolute atomic E-state index is 0.0446. The summed E-state index contributed by atoms with van der Waals surface area (Å²) in [7, 11) is 1.39. The molecule has 2 aliphatic rings. The molecule has 2 atom stereocenters. The summed E-state index contributed by atoms with van der Waals surface area (Å²) >= 11 is 0. The molecule has 0 bridgehead atoms. The maximum absolute atomic E-state index is 14.6. The van der Waals surface area contributed by atoms with E-state index in [-0.39, 0.29) is 24.7 Å². The highest BCUT2D eigenvalue weighted by atomic mass is 19.1. The van der Waals surface area contributed by atoms with Crippen molar-refractivity contribution >= 4 is 22.8 Å². The predicted octanol–water partition coefficient (Wildman–Crippen LogP) is 2.58. The van der Waals surface area contributed by atoms with Crippen LogP contribution in [0.1, 0.15) is 42.2 Å². The number of fused-ring (bicyclic) bond motifs is 1. The normalized spacial score (nSPS) is 19.3. The first-order chi connectivity index (χ1) is 17.8. The summed E-state index contributed by atoms with van der Waals surface area (Å²) in [4.78, 5) is 38.9. The van der Waals surface area contributed by atoms with E-state index in [0.29, 0.717) is 58.2 Å². The third kappa shape index (κ3) is 4.83. The van der Waals surface area contributed by atoms with E-state index >= 15 is 0 Å². The summed E-state index contributed by atoms with van der Waals surface area (Å²) in [5.41, 5.74) is 2.69. The summed E-state index contributed by atoms with van der Waals surface area (Å²) in [6.07, 6.45) is 2.97. The molecule has 10 nitrogen and oxygen atoms in total.